The third kappa shape index (κ3) is 3.64. The molecule has 1 fully saturated rings. The van der Waals surface area contributed by atoms with E-state index in [0.29, 0.717) is 17.9 Å². The number of benzene rings is 3. The normalized spacial score (nSPS) is 17.8. The lowest BCUT2D eigenvalue weighted by Gasteiger charge is -2.26. The van der Waals surface area contributed by atoms with Crippen molar-refractivity contribution in [2.24, 2.45) is 0 Å². The van der Waals surface area contributed by atoms with Gasteiger partial charge in [-0.15, -0.1) is 0 Å². The van der Waals surface area contributed by atoms with Crippen molar-refractivity contribution in [1.29, 1.82) is 0 Å². The molecule has 0 saturated carbocycles. The lowest BCUT2D eigenvalue weighted by atomic mass is 9.91. The molecule has 1 aliphatic rings. The Labute approximate surface area is 187 Å². The summed E-state index contributed by atoms with van der Waals surface area (Å²) in [5.41, 5.74) is 2.29. The summed E-state index contributed by atoms with van der Waals surface area (Å²) in [6.07, 6.45) is 1.67. The molecule has 164 valence electrons. The summed E-state index contributed by atoms with van der Waals surface area (Å²) in [5.74, 6) is -0.685. The second kappa shape index (κ2) is 8.87. The summed E-state index contributed by atoms with van der Waals surface area (Å²) in [4.78, 5) is 27.9. The molecule has 1 saturated heterocycles. The number of fused-ring (bicyclic) bond motifs is 1. The van der Waals surface area contributed by atoms with E-state index >= 15 is 0 Å². The Bertz CT molecular complexity index is 1220. The first-order valence-electron chi connectivity index (χ1n) is 10.9. The largest absolute Gasteiger partial charge is 0.507 e. The van der Waals surface area contributed by atoms with Crippen LogP contribution in [0.4, 0.5) is 0 Å². The number of amides is 1. The number of hydrogen-bond donors (Lipinski definition) is 1. The van der Waals surface area contributed by atoms with E-state index in [4.69, 9.17) is 4.74 Å². The summed E-state index contributed by atoms with van der Waals surface area (Å²) in [7, 11) is 1.58. The predicted octanol–water partition coefficient (Wildman–Crippen LogP) is 5.38. The second-order valence-electron chi connectivity index (χ2n) is 8.10. The molecule has 1 amide bonds. The zero-order valence-electron chi connectivity index (χ0n) is 18.6. The van der Waals surface area contributed by atoms with Gasteiger partial charge in [0.2, 0.25) is 0 Å². The highest BCUT2D eigenvalue weighted by molar-refractivity contribution is 6.46. The van der Waals surface area contributed by atoms with E-state index in [9.17, 15) is 14.7 Å². The molecule has 3 aromatic rings. The van der Waals surface area contributed by atoms with E-state index in [1.165, 1.54) is 0 Å². The number of aliphatic hydroxyl groups is 1. The predicted molar refractivity (Wildman–Crippen MR) is 126 cm³/mol. The highest BCUT2D eigenvalue weighted by Gasteiger charge is 2.46. The first-order chi connectivity index (χ1) is 15.5. The molecular weight excluding hydrogens is 402 g/mol. The van der Waals surface area contributed by atoms with Gasteiger partial charge in [0, 0.05) is 12.1 Å². The quantitative estimate of drug-likeness (QED) is 0.325. The number of aryl methyl sites for hydroxylation is 1. The van der Waals surface area contributed by atoms with Crippen molar-refractivity contribution in [3.05, 3.63) is 82.9 Å². The maximum absolute atomic E-state index is 13.2. The van der Waals surface area contributed by atoms with Gasteiger partial charge in [0.25, 0.3) is 11.7 Å². The molecule has 1 N–H and O–H groups in total. The van der Waals surface area contributed by atoms with Gasteiger partial charge in [0.1, 0.15) is 11.5 Å². The molecule has 3 aromatic carbocycles. The fourth-order valence-electron chi connectivity index (χ4n) is 4.43. The lowest BCUT2D eigenvalue weighted by molar-refractivity contribution is -0.139. The zero-order valence-corrected chi connectivity index (χ0v) is 18.6. The highest BCUT2D eigenvalue weighted by atomic mass is 16.5. The Hall–Kier alpha value is -3.60. The zero-order chi connectivity index (χ0) is 22.8. The van der Waals surface area contributed by atoms with Gasteiger partial charge in [0.05, 0.1) is 18.7 Å². The number of aliphatic hydroxyl groups excluding tert-OH is 1. The van der Waals surface area contributed by atoms with Gasteiger partial charge in [-0.05, 0) is 53.4 Å². The van der Waals surface area contributed by atoms with Gasteiger partial charge in [-0.1, -0.05) is 55.8 Å². The van der Waals surface area contributed by atoms with Crippen LogP contribution in [0.1, 0.15) is 42.5 Å². The summed E-state index contributed by atoms with van der Waals surface area (Å²) in [5, 5.41) is 13.3. The van der Waals surface area contributed by atoms with E-state index < -0.39 is 17.7 Å². The van der Waals surface area contributed by atoms with Crippen molar-refractivity contribution >= 4 is 28.2 Å². The van der Waals surface area contributed by atoms with Gasteiger partial charge in [-0.2, -0.15) is 0 Å². The number of ether oxygens (including phenoxy) is 1. The summed E-state index contributed by atoms with van der Waals surface area (Å²) in [6.45, 7) is 4.37. The molecule has 1 unspecified atom stereocenters. The fraction of sp³-hybridized carbons (Fsp3) is 0.259. The third-order valence-corrected chi connectivity index (χ3v) is 6.08. The molecule has 0 radical (unpaired) electrons. The smallest absolute Gasteiger partial charge is 0.295 e. The number of ketones is 1. The van der Waals surface area contributed by atoms with Crippen LogP contribution in [0.5, 0.6) is 5.75 Å². The molecule has 1 aliphatic heterocycles. The molecule has 5 nitrogen and oxygen atoms in total. The average Bonchev–Trinajstić information content (AvgIpc) is 3.06. The molecule has 32 heavy (non-hydrogen) atoms. The van der Waals surface area contributed by atoms with Crippen LogP contribution in [-0.2, 0) is 9.59 Å². The number of carbonyl (C=O) groups is 2. The van der Waals surface area contributed by atoms with E-state index in [1.807, 2.05) is 56.3 Å². The number of methoxy groups -OCH3 is 1. The Morgan fingerprint density at radius 3 is 2.53 bits per heavy atom. The SMILES string of the molecule is CCCCN1C(=O)C(=O)/C(=C(\O)c2ccc(OC)c(C)c2)C1c1cccc2ccccc12. The molecular formula is C27H27NO4. The maximum atomic E-state index is 13.2. The van der Waals surface area contributed by atoms with Crippen molar-refractivity contribution in [3.8, 4) is 5.75 Å². The average molecular weight is 430 g/mol. The van der Waals surface area contributed by atoms with Crippen molar-refractivity contribution < 1.29 is 19.4 Å². The maximum Gasteiger partial charge on any atom is 0.295 e. The molecule has 0 aliphatic carbocycles. The first kappa shape index (κ1) is 21.6. The Morgan fingerprint density at radius 1 is 1.06 bits per heavy atom. The Kier molecular flexibility index (Phi) is 5.99. The van der Waals surface area contributed by atoms with Crippen LogP contribution >= 0.6 is 0 Å². The number of hydrogen-bond acceptors (Lipinski definition) is 4. The van der Waals surface area contributed by atoms with Crippen LogP contribution in [0.3, 0.4) is 0 Å². The highest BCUT2D eigenvalue weighted by Crippen LogP contribution is 2.42. The number of nitrogens with zero attached hydrogens (tertiary/aromatic N) is 1. The third-order valence-electron chi connectivity index (χ3n) is 6.08. The summed E-state index contributed by atoms with van der Waals surface area (Å²) >= 11 is 0. The van der Waals surface area contributed by atoms with E-state index in [2.05, 4.69) is 0 Å². The Morgan fingerprint density at radius 2 is 1.81 bits per heavy atom. The minimum atomic E-state index is -0.648. The van der Waals surface area contributed by atoms with Gasteiger partial charge < -0.3 is 14.7 Å². The van der Waals surface area contributed by atoms with Crippen molar-refractivity contribution in [2.45, 2.75) is 32.7 Å². The van der Waals surface area contributed by atoms with Crippen LogP contribution in [0.25, 0.3) is 16.5 Å². The topological polar surface area (TPSA) is 66.8 Å². The molecule has 1 atom stereocenters. The van der Waals surface area contributed by atoms with Crippen molar-refractivity contribution in [3.63, 3.8) is 0 Å². The summed E-state index contributed by atoms with van der Waals surface area (Å²) in [6, 6.07) is 18.3. The van der Waals surface area contributed by atoms with Gasteiger partial charge >= 0.3 is 0 Å². The lowest BCUT2D eigenvalue weighted by Crippen LogP contribution is -2.30. The first-order valence-corrected chi connectivity index (χ1v) is 10.9. The van der Waals surface area contributed by atoms with Gasteiger partial charge in [0.15, 0.2) is 0 Å². The van der Waals surface area contributed by atoms with Crippen LogP contribution in [-0.4, -0.2) is 35.4 Å². The van der Waals surface area contributed by atoms with E-state index in [0.717, 1.165) is 34.7 Å². The number of Topliss-reactive ketones (excluding diaryl/α,β-unsaturated/α-hetero) is 1. The van der Waals surface area contributed by atoms with Crippen LogP contribution in [0, 0.1) is 6.92 Å². The molecule has 0 bridgehead atoms. The molecule has 4 rings (SSSR count). The van der Waals surface area contributed by atoms with Gasteiger partial charge in [-0.3, -0.25) is 9.59 Å². The molecule has 1 heterocycles. The molecule has 5 heteroatoms. The van der Waals surface area contributed by atoms with Crippen LogP contribution in [0.15, 0.2) is 66.2 Å². The minimum absolute atomic E-state index is 0.132. The monoisotopic (exact) mass is 429 g/mol. The number of rotatable bonds is 6. The summed E-state index contributed by atoms with van der Waals surface area (Å²) < 4.78 is 5.32. The van der Waals surface area contributed by atoms with Crippen LogP contribution < -0.4 is 4.74 Å². The van der Waals surface area contributed by atoms with E-state index in [-0.39, 0.29) is 11.3 Å². The van der Waals surface area contributed by atoms with Crippen molar-refractivity contribution in [2.75, 3.05) is 13.7 Å². The molecule has 0 aromatic heterocycles. The number of unbranched alkanes of at least 4 members (excludes halogenated alkanes) is 1. The standard InChI is InChI=1S/C27H27NO4/c1-4-5-15-28-24(21-12-8-10-18-9-6-7-11-20(18)21)23(26(30)27(28)31)25(29)19-13-14-22(32-3)17(2)16-19/h6-14,16,24,29H,4-5,15H2,1-3H3/b25-23-. The number of likely N-dealkylation sites (tertiary alicyclic amines) is 1. The van der Waals surface area contributed by atoms with Crippen LogP contribution in [0.2, 0.25) is 0 Å². The minimum Gasteiger partial charge on any atom is -0.507 e. The fourth-order valence-corrected chi connectivity index (χ4v) is 4.43. The Balaban J connectivity index is 1.94. The number of carbonyl (C=O) groups excluding carboxylic acids is 2. The second-order valence-corrected chi connectivity index (χ2v) is 8.10. The van der Waals surface area contributed by atoms with Gasteiger partial charge in [-0.25, -0.2) is 0 Å². The molecule has 0 spiro atoms. The van der Waals surface area contributed by atoms with E-state index in [1.54, 1.807) is 30.2 Å². The van der Waals surface area contributed by atoms with Crippen molar-refractivity contribution in [1.82, 2.24) is 4.90 Å².